The number of nitrogens with two attached hydrogens (primary N) is 1. The predicted molar refractivity (Wildman–Crippen MR) is 66.4 cm³/mol. The van der Waals surface area contributed by atoms with Crippen LogP contribution >= 0.6 is 0 Å². The molecule has 1 rings (SSSR count). The molecule has 3 N–H and O–H groups in total. The van der Waals surface area contributed by atoms with Crippen LogP contribution in [0.5, 0.6) is 0 Å². The first-order valence-electron chi connectivity index (χ1n) is 5.35. The van der Waals surface area contributed by atoms with Crippen molar-refractivity contribution < 1.29 is 4.79 Å². The number of nitrogens with one attached hydrogen (secondary N) is 1. The quantitative estimate of drug-likeness (QED) is 0.753. The van der Waals surface area contributed by atoms with E-state index >= 15 is 0 Å². The largest absolute Gasteiger partial charge is 0.349 e. The normalized spacial score (nSPS) is 10.7. The average molecular weight is 218 g/mol. The lowest BCUT2D eigenvalue weighted by Crippen LogP contribution is -2.24. The van der Waals surface area contributed by atoms with Gasteiger partial charge >= 0.3 is 0 Å². The molecule has 0 spiro atoms. The molecule has 0 atom stereocenters. The smallest absolute Gasteiger partial charge is 0.251 e. The van der Waals surface area contributed by atoms with E-state index in [0.717, 1.165) is 16.7 Å². The average Bonchev–Trinajstić information content (AvgIpc) is 2.27. The van der Waals surface area contributed by atoms with Gasteiger partial charge in [-0.2, -0.15) is 0 Å². The minimum Gasteiger partial charge on any atom is -0.349 e. The molecule has 0 fully saturated rings. The summed E-state index contributed by atoms with van der Waals surface area (Å²) in [6, 6.07) is 5.86. The monoisotopic (exact) mass is 218 g/mol. The van der Waals surface area contributed by atoms with Gasteiger partial charge in [0.1, 0.15) is 0 Å². The van der Waals surface area contributed by atoms with E-state index < -0.39 is 0 Å². The highest BCUT2D eigenvalue weighted by Gasteiger charge is 2.07. The predicted octanol–water partition coefficient (Wildman–Crippen LogP) is 1.55. The van der Waals surface area contributed by atoms with Crippen LogP contribution in [0.1, 0.15) is 21.5 Å². The van der Waals surface area contributed by atoms with Crippen LogP contribution < -0.4 is 11.1 Å². The Hall–Kier alpha value is -1.61. The summed E-state index contributed by atoms with van der Waals surface area (Å²) in [5.41, 5.74) is 8.12. The second-order valence-electron chi connectivity index (χ2n) is 3.74. The molecule has 1 aromatic carbocycles. The topological polar surface area (TPSA) is 55.1 Å². The zero-order chi connectivity index (χ0) is 12.0. The van der Waals surface area contributed by atoms with Gasteiger partial charge in [-0.15, -0.1) is 0 Å². The standard InChI is InChI=1S/C13H18N2O/c1-10-5-6-11(2)12(9-10)13(16)15-8-4-3-7-14/h3-6,9H,7-8,14H2,1-2H3,(H,15,16)/b4-3+. The fourth-order valence-electron chi connectivity index (χ4n) is 1.41. The van der Waals surface area contributed by atoms with Gasteiger partial charge in [-0.3, -0.25) is 4.79 Å². The number of benzene rings is 1. The number of hydrogen-bond donors (Lipinski definition) is 2. The zero-order valence-electron chi connectivity index (χ0n) is 9.79. The molecule has 0 aliphatic rings. The summed E-state index contributed by atoms with van der Waals surface area (Å²) in [4.78, 5) is 11.8. The molecular weight excluding hydrogens is 200 g/mol. The van der Waals surface area contributed by atoms with Crippen LogP contribution in [0.25, 0.3) is 0 Å². The maximum Gasteiger partial charge on any atom is 0.251 e. The van der Waals surface area contributed by atoms with Crippen molar-refractivity contribution in [1.29, 1.82) is 0 Å². The summed E-state index contributed by atoms with van der Waals surface area (Å²) in [6.07, 6.45) is 3.67. The van der Waals surface area contributed by atoms with Crippen molar-refractivity contribution in [3.8, 4) is 0 Å². The van der Waals surface area contributed by atoms with Crippen LogP contribution in [0.3, 0.4) is 0 Å². The minimum absolute atomic E-state index is 0.0390. The van der Waals surface area contributed by atoms with Crippen molar-refractivity contribution in [1.82, 2.24) is 5.32 Å². The van der Waals surface area contributed by atoms with E-state index in [0.29, 0.717) is 13.1 Å². The maximum atomic E-state index is 11.8. The molecule has 0 saturated carbocycles. The van der Waals surface area contributed by atoms with Gasteiger partial charge in [0, 0.05) is 18.7 Å². The van der Waals surface area contributed by atoms with Crippen LogP contribution in [0.2, 0.25) is 0 Å². The van der Waals surface area contributed by atoms with E-state index in [1.165, 1.54) is 0 Å². The molecule has 1 amide bonds. The number of carbonyl (C=O) groups excluding carboxylic acids is 1. The molecule has 0 bridgehead atoms. The highest BCUT2D eigenvalue weighted by Crippen LogP contribution is 2.10. The lowest BCUT2D eigenvalue weighted by atomic mass is 10.1. The van der Waals surface area contributed by atoms with Gasteiger partial charge in [-0.1, -0.05) is 29.8 Å². The first-order valence-corrected chi connectivity index (χ1v) is 5.35. The third-order valence-electron chi connectivity index (χ3n) is 2.32. The molecule has 86 valence electrons. The number of aryl methyl sites for hydroxylation is 2. The van der Waals surface area contributed by atoms with Gasteiger partial charge < -0.3 is 11.1 Å². The van der Waals surface area contributed by atoms with E-state index in [2.05, 4.69) is 5.32 Å². The Morgan fingerprint density at radius 3 is 2.81 bits per heavy atom. The van der Waals surface area contributed by atoms with E-state index in [1.807, 2.05) is 44.2 Å². The van der Waals surface area contributed by atoms with Gasteiger partial charge in [0.15, 0.2) is 0 Å². The lowest BCUT2D eigenvalue weighted by Gasteiger charge is -2.06. The number of carbonyl (C=O) groups is 1. The highest BCUT2D eigenvalue weighted by molar-refractivity contribution is 5.95. The van der Waals surface area contributed by atoms with E-state index in [9.17, 15) is 4.79 Å². The molecule has 0 unspecified atom stereocenters. The Kier molecular flexibility index (Phi) is 4.73. The van der Waals surface area contributed by atoms with Crippen LogP contribution in [0.4, 0.5) is 0 Å². The summed E-state index contributed by atoms with van der Waals surface area (Å²) >= 11 is 0. The fourth-order valence-corrected chi connectivity index (χ4v) is 1.41. The van der Waals surface area contributed by atoms with Crippen LogP contribution in [0.15, 0.2) is 30.4 Å². The van der Waals surface area contributed by atoms with Crippen molar-refractivity contribution in [2.45, 2.75) is 13.8 Å². The SMILES string of the molecule is Cc1ccc(C)c(C(=O)NC/C=C/CN)c1. The third-order valence-corrected chi connectivity index (χ3v) is 2.32. The first-order chi connectivity index (χ1) is 7.65. The van der Waals surface area contributed by atoms with E-state index in [1.54, 1.807) is 0 Å². The van der Waals surface area contributed by atoms with Crippen molar-refractivity contribution in [3.63, 3.8) is 0 Å². The Balaban J connectivity index is 2.65. The Morgan fingerprint density at radius 2 is 2.12 bits per heavy atom. The summed E-state index contributed by atoms with van der Waals surface area (Å²) < 4.78 is 0. The van der Waals surface area contributed by atoms with Crippen molar-refractivity contribution in [2.75, 3.05) is 13.1 Å². The fraction of sp³-hybridized carbons (Fsp3) is 0.308. The number of amides is 1. The Morgan fingerprint density at radius 1 is 1.38 bits per heavy atom. The van der Waals surface area contributed by atoms with Crippen molar-refractivity contribution >= 4 is 5.91 Å². The summed E-state index contributed by atoms with van der Waals surface area (Å²) in [5.74, 6) is -0.0390. The summed E-state index contributed by atoms with van der Waals surface area (Å²) in [6.45, 7) is 4.93. The molecule has 0 aliphatic carbocycles. The zero-order valence-corrected chi connectivity index (χ0v) is 9.79. The van der Waals surface area contributed by atoms with Gasteiger partial charge in [0.05, 0.1) is 0 Å². The summed E-state index contributed by atoms with van der Waals surface area (Å²) in [5, 5.41) is 2.82. The first kappa shape index (κ1) is 12.5. The third kappa shape index (κ3) is 3.51. The molecule has 3 heteroatoms. The van der Waals surface area contributed by atoms with Gasteiger partial charge in [-0.25, -0.2) is 0 Å². The molecule has 0 saturated heterocycles. The minimum atomic E-state index is -0.0390. The van der Waals surface area contributed by atoms with Crippen LogP contribution in [-0.4, -0.2) is 19.0 Å². The molecule has 0 radical (unpaired) electrons. The second-order valence-corrected chi connectivity index (χ2v) is 3.74. The van der Waals surface area contributed by atoms with Gasteiger partial charge in [-0.05, 0) is 25.5 Å². The van der Waals surface area contributed by atoms with E-state index in [-0.39, 0.29) is 5.91 Å². The lowest BCUT2D eigenvalue weighted by molar-refractivity contribution is 0.0957. The molecular formula is C13H18N2O. The maximum absolute atomic E-state index is 11.8. The van der Waals surface area contributed by atoms with Crippen LogP contribution in [0, 0.1) is 13.8 Å². The molecule has 1 aromatic rings. The second kappa shape index (κ2) is 6.08. The molecule has 0 aromatic heterocycles. The molecule has 0 aliphatic heterocycles. The van der Waals surface area contributed by atoms with E-state index in [4.69, 9.17) is 5.73 Å². The summed E-state index contributed by atoms with van der Waals surface area (Å²) in [7, 11) is 0. The Labute approximate surface area is 96.3 Å². The number of hydrogen-bond acceptors (Lipinski definition) is 2. The Bertz CT molecular complexity index is 397. The molecule has 0 heterocycles. The van der Waals surface area contributed by atoms with Crippen LogP contribution in [-0.2, 0) is 0 Å². The number of rotatable bonds is 4. The van der Waals surface area contributed by atoms with Crippen molar-refractivity contribution in [3.05, 3.63) is 47.0 Å². The van der Waals surface area contributed by atoms with Gasteiger partial charge in [0.2, 0.25) is 0 Å². The highest BCUT2D eigenvalue weighted by atomic mass is 16.1. The van der Waals surface area contributed by atoms with Crippen molar-refractivity contribution in [2.24, 2.45) is 5.73 Å². The molecule has 3 nitrogen and oxygen atoms in total. The van der Waals surface area contributed by atoms with Gasteiger partial charge in [0.25, 0.3) is 5.91 Å². The molecule has 16 heavy (non-hydrogen) atoms.